The summed E-state index contributed by atoms with van der Waals surface area (Å²) >= 11 is 3.57. The number of aryl methyl sites for hydroxylation is 1. The average molecular weight is 254 g/mol. The number of benzene rings is 1. The maximum atomic E-state index is 6.15. The molecule has 0 saturated heterocycles. The molecule has 1 aromatic rings. The van der Waals surface area contributed by atoms with Gasteiger partial charge >= 0.3 is 0 Å². The molecule has 14 heavy (non-hydrogen) atoms. The van der Waals surface area contributed by atoms with E-state index in [1.165, 1.54) is 34.0 Å². The van der Waals surface area contributed by atoms with E-state index in [9.17, 15) is 0 Å². The van der Waals surface area contributed by atoms with Gasteiger partial charge in [-0.1, -0.05) is 22.0 Å². The van der Waals surface area contributed by atoms with Crippen molar-refractivity contribution < 1.29 is 0 Å². The summed E-state index contributed by atoms with van der Waals surface area (Å²) in [4.78, 5) is 0. The first-order valence-corrected chi connectivity index (χ1v) is 5.85. The maximum Gasteiger partial charge on any atom is 0.0207 e. The first-order chi connectivity index (χ1) is 6.52. The summed E-state index contributed by atoms with van der Waals surface area (Å²) in [5.74, 6) is 0. The van der Waals surface area contributed by atoms with Gasteiger partial charge in [-0.2, -0.15) is 0 Å². The number of hydrogen-bond acceptors (Lipinski definition) is 1. The molecule has 1 fully saturated rings. The second kappa shape index (κ2) is 3.35. The molecule has 0 aliphatic heterocycles. The van der Waals surface area contributed by atoms with Crippen LogP contribution in [0, 0.1) is 13.8 Å². The summed E-state index contributed by atoms with van der Waals surface area (Å²) in [6.45, 7) is 4.33. The summed E-state index contributed by atoms with van der Waals surface area (Å²) in [6, 6.07) is 4.28. The minimum absolute atomic E-state index is 0.107. The SMILES string of the molecule is Cc1ccc(Br)c(C)c1CC1(N)CC1. The van der Waals surface area contributed by atoms with Gasteiger partial charge in [0.15, 0.2) is 0 Å². The molecular weight excluding hydrogens is 238 g/mol. The number of halogens is 1. The number of nitrogens with two attached hydrogens (primary N) is 1. The second-order valence-corrected chi connectivity index (χ2v) is 5.36. The van der Waals surface area contributed by atoms with Gasteiger partial charge < -0.3 is 5.73 Å². The Morgan fingerprint density at radius 1 is 1.36 bits per heavy atom. The summed E-state index contributed by atoms with van der Waals surface area (Å²) in [7, 11) is 0. The molecule has 0 unspecified atom stereocenters. The van der Waals surface area contributed by atoms with Crippen LogP contribution in [0.15, 0.2) is 16.6 Å². The van der Waals surface area contributed by atoms with Gasteiger partial charge in [-0.05, 0) is 55.9 Å². The van der Waals surface area contributed by atoms with Gasteiger partial charge in [0.2, 0.25) is 0 Å². The smallest absolute Gasteiger partial charge is 0.0207 e. The van der Waals surface area contributed by atoms with Crippen molar-refractivity contribution in [2.24, 2.45) is 5.73 Å². The van der Waals surface area contributed by atoms with Crippen LogP contribution >= 0.6 is 15.9 Å². The fraction of sp³-hybridized carbons (Fsp3) is 0.500. The van der Waals surface area contributed by atoms with Gasteiger partial charge in [0, 0.05) is 10.0 Å². The van der Waals surface area contributed by atoms with Gasteiger partial charge in [0.05, 0.1) is 0 Å². The molecule has 0 bridgehead atoms. The normalized spacial score (nSPS) is 18.3. The van der Waals surface area contributed by atoms with Crippen LogP contribution in [0.3, 0.4) is 0 Å². The number of rotatable bonds is 2. The highest BCUT2D eigenvalue weighted by Crippen LogP contribution is 2.38. The van der Waals surface area contributed by atoms with Gasteiger partial charge in [0.1, 0.15) is 0 Å². The van der Waals surface area contributed by atoms with Crippen LogP contribution in [-0.2, 0) is 6.42 Å². The molecule has 0 atom stereocenters. The zero-order valence-electron chi connectivity index (χ0n) is 8.73. The lowest BCUT2D eigenvalue weighted by atomic mass is 9.96. The van der Waals surface area contributed by atoms with Crippen LogP contribution in [-0.4, -0.2) is 5.54 Å². The Labute approximate surface area is 93.8 Å². The van der Waals surface area contributed by atoms with E-state index in [0.29, 0.717) is 0 Å². The van der Waals surface area contributed by atoms with Crippen molar-refractivity contribution in [3.8, 4) is 0 Å². The van der Waals surface area contributed by atoms with E-state index in [1.807, 2.05) is 0 Å². The molecule has 1 aromatic carbocycles. The van der Waals surface area contributed by atoms with E-state index in [1.54, 1.807) is 0 Å². The molecule has 0 heterocycles. The monoisotopic (exact) mass is 253 g/mol. The molecule has 1 aliphatic rings. The summed E-state index contributed by atoms with van der Waals surface area (Å²) in [6.07, 6.45) is 3.39. The van der Waals surface area contributed by atoms with Crippen LogP contribution in [0.4, 0.5) is 0 Å². The molecule has 0 amide bonds. The van der Waals surface area contributed by atoms with E-state index in [0.717, 1.165) is 6.42 Å². The highest BCUT2D eigenvalue weighted by atomic mass is 79.9. The third kappa shape index (κ3) is 1.86. The molecule has 0 radical (unpaired) electrons. The van der Waals surface area contributed by atoms with E-state index in [4.69, 9.17) is 5.73 Å². The summed E-state index contributed by atoms with van der Waals surface area (Å²) < 4.78 is 1.20. The molecule has 1 aliphatic carbocycles. The van der Waals surface area contributed by atoms with Crippen LogP contribution < -0.4 is 5.73 Å². The van der Waals surface area contributed by atoms with Crippen molar-refractivity contribution >= 4 is 15.9 Å². The predicted molar refractivity (Wildman–Crippen MR) is 63.5 cm³/mol. The molecule has 0 spiro atoms. The average Bonchev–Trinajstić information content (AvgIpc) is 2.86. The highest BCUT2D eigenvalue weighted by Gasteiger charge is 2.38. The molecule has 2 rings (SSSR count). The first kappa shape index (κ1) is 10.2. The van der Waals surface area contributed by atoms with Crippen LogP contribution in [0.2, 0.25) is 0 Å². The summed E-state index contributed by atoms with van der Waals surface area (Å²) in [5, 5.41) is 0. The topological polar surface area (TPSA) is 26.0 Å². The van der Waals surface area contributed by atoms with Gasteiger partial charge in [-0.3, -0.25) is 0 Å². The third-order valence-corrected chi connectivity index (χ3v) is 4.05. The standard InChI is InChI=1S/C12H16BrN/c1-8-3-4-11(13)9(2)10(8)7-12(14)5-6-12/h3-4H,5-7,14H2,1-2H3. The van der Waals surface area contributed by atoms with E-state index >= 15 is 0 Å². The molecule has 2 heteroatoms. The van der Waals surface area contributed by atoms with Crippen molar-refractivity contribution in [3.63, 3.8) is 0 Å². The lowest BCUT2D eigenvalue weighted by Crippen LogP contribution is -2.25. The minimum atomic E-state index is 0.107. The van der Waals surface area contributed by atoms with Crippen LogP contribution in [0.25, 0.3) is 0 Å². The zero-order valence-corrected chi connectivity index (χ0v) is 10.3. The minimum Gasteiger partial charge on any atom is -0.325 e. The summed E-state index contributed by atoms with van der Waals surface area (Å²) in [5.41, 5.74) is 10.4. The fourth-order valence-corrected chi connectivity index (χ4v) is 2.20. The highest BCUT2D eigenvalue weighted by molar-refractivity contribution is 9.10. The Morgan fingerprint density at radius 2 is 2.00 bits per heavy atom. The van der Waals surface area contributed by atoms with Crippen molar-refractivity contribution in [1.82, 2.24) is 0 Å². The molecule has 2 N–H and O–H groups in total. The molecular formula is C12H16BrN. The van der Waals surface area contributed by atoms with E-state index in [-0.39, 0.29) is 5.54 Å². The Balaban J connectivity index is 2.35. The first-order valence-electron chi connectivity index (χ1n) is 5.05. The van der Waals surface area contributed by atoms with Gasteiger partial charge in [-0.25, -0.2) is 0 Å². The van der Waals surface area contributed by atoms with Gasteiger partial charge in [0.25, 0.3) is 0 Å². The Kier molecular flexibility index (Phi) is 2.44. The van der Waals surface area contributed by atoms with E-state index < -0.39 is 0 Å². The maximum absolute atomic E-state index is 6.15. The zero-order chi connectivity index (χ0) is 10.3. The fourth-order valence-electron chi connectivity index (χ4n) is 1.83. The van der Waals surface area contributed by atoms with E-state index in [2.05, 4.69) is 41.9 Å². The Bertz CT molecular complexity index is 367. The molecule has 76 valence electrons. The lowest BCUT2D eigenvalue weighted by molar-refractivity contribution is 0.666. The van der Waals surface area contributed by atoms with Crippen molar-refractivity contribution in [2.75, 3.05) is 0 Å². The quantitative estimate of drug-likeness (QED) is 0.862. The van der Waals surface area contributed by atoms with Crippen molar-refractivity contribution in [2.45, 2.75) is 38.6 Å². The molecule has 0 aromatic heterocycles. The van der Waals surface area contributed by atoms with Crippen LogP contribution in [0.1, 0.15) is 29.5 Å². The predicted octanol–water partition coefficient (Wildman–Crippen LogP) is 3.10. The number of hydrogen-bond donors (Lipinski definition) is 1. The van der Waals surface area contributed by atoms with Crippen molar-refractivity contribution in [1.29, 1.82) is 0 Å². The molecule has 1 nitrogen and oxygen atoms in total. The largest absolute Gasteiger partial charge is 0.325 e. The Morgan fingerprint density at radius 3 is 2.57 bits per heavy atom. The van der Waals surface area contributed by atoms with Crippen molar-refractivity contribution in [3.05, 3.63) is 33.3 Å². The Hall–Kier alpha value is -0.340. The van der Waals surface area contributed by atoms with Gasteiger partial charge in [-0.15, -0.1) is 0 Å². The second-order valence-electron chi connectivity index (χ2n) is 4.51. The van der Waals surface area contributed by atoms with Crippen LogP contribution in [0.5, 0.6) is 0 Å². The third-order valence-electron chi connectivity index (χ3n) is 3.19. The molecule has 1 saturated carbocycles. The lowest BCUT2D eigenvalue weighted by Gasteiger charge is -2.15.